The molecule has 166 valence electrons. The number of ether oxygens (including phenoxy) is 2. The lowest BCUT2D eigenvalue weighted by Gasteiger charge is -2.10. The number of carbonyl (C=O) groups excluding carboxylic acids is 1. The van der Waals surface area contributed by atoms with Gasteiger partial charge in [0, 0.05) is 12.2 Å². The number of nitrogens with zero attached hydrogens (tertiary/aromatic N) is 2. The predicted molar refractivity (Wildman–Crippen MR) is 113 cm³/mol. The van der Waals surface area contributed by atoms with Crippen molar-refractivity contribution in [3.8, 4) is 11.5 Å². The predicted octanol–water partition coefficient (Wildman–Crippen LogP) is -0.675. The van der Waals surface area contributed by atoms with E-state index in [0.29, 0.717) is 30.1 Å². The van der Waals surface area contributed by atoms with Gasteiger partial charge in [0.15, 0.2) is 17.3 Å². The SMILES string of the molecule is Cc1[nH]c(=O)c(NCCc2ccc3c(c2)OCO3)nc1CC(=O)NCCON=C(N)N. The molecule has 31 heavy (non-hydrogen) atoms. The van der Waals surface area contributed by atoms with E-state index in [-0.39, 0.29) is 49.6 Å². The van der Waals surface area contributed by atoms with Gasteiger partial charge in [0.05, 0.1) is 18.7 Å². The fourth-order valence-electron chi connectivity index (χ4n) is 2.86. The molecule has 0 radical (unpaired) electrons. The molecule has 1 aliphatic rings. The summed E-state index contributed by atoms with van der Waals surface area (Å²) in [4.78, 5) is 36.2. The lowest BCUT2D eigenvalue weighted by Crippen LogP contribution is -2.30. The number of hydrogen-bond acceptors (Lipinski definition) is 8. The Morgan fingerprint density at radius 2 is 2.10 bits per heavy atom. The quantitative estimate of drug-likeness (QED) is 0.141. The molecule has 1 aromatic heterocycles. The van der Waals surface area contributed by atoms with Crippen LogP contribution in [0.3, 0.4) is 0 Å². The van der Waals surface area contributed by atoms with Crippen LogP contribution in [0.2, 0.25) is 0 Å². The zero-order valence-corrected chi connectivity index (χ0v) is 17.1. The third-order valence-corrected chi connectivity index (χ3v) is 4.35. The molecule has 1 aliphatic heterocycles. The monoisotopic (exact) mass is 431 g/mol. The van der Waals surface area contributed by atoms with E-state index in [4.69, 9.17) is 25.8 Å². The van der Waals surface area contributed by atoms with Crippen LogP contribution in [0.25, 0.3) is 0 Å². The summed E-state index contributed by atoms with van der Waals surface area (Å²) >= 11 is 0. The molecular weight excluding hydrogens is 406 g/mol. The van der Waals surface area contributed by atoms with Crippen molar-refractivity contribution in [3.05, 3.63) is 45.5 Å². The minimum atomic E-state index is -0.349. The van der Waals surface area contributed by atoms with Crippen LogP contribution in [0.5, 0.6) is 11.5 Å². The number of nitrogens with one attached hydrogen (secondary N) is 3. The van der Waals surface area contributed by atoms with Crippen molar-refractivity contribution in [2.24, 2.45) is 16.6 Å². The van der Waals surface area contributed by atoms with Gasteiger partial charge in [-0.15, -0.1) is 0 Å². The molecule has 0 unspecified atom stereocenters. The third kappa shape index (κ3) is 6.26. The molecule has 0 saturated heterocycles. The van der Waals surface area contributed by atoms with Crippen LogP contribution in [0.4, 0.5) is 5.82 Å². The number of guanidine groups is 1. The number of fused-ring (bicyclic) bond motifs is 1. The second-order valence-corrected chi connectivity index (χ2v) is 6.73. The van der Waals surface area contributed by atoms with E-state index in [0.717, 1.165) is 11.3 Å². The molecule has 12 nitrogen and oxygen atoms in total. The number of hydrogen-bond donors (Lipinski definition) is 5. The van der Waals surface area contributed by atoms with Crippen molar-refractivity contribution in [1.29, 1.82) is 0 Å². The van der Waals surface area contributed by atoms with Crippen molar-refractivity contribution >= 4 is 17.7 Å². The molecule has 0 bridgehead atoms. The topological polar surface area (TPSA) is 179 Å². The van der Waals surface area contributed by atoms with Gasteiger partial charge in [-0.25, -0.2) is 4.98 Å². The summed E-state index contributed by atoms with van der Waals surface area (Å²) < 4.78 is 10.7. The third-order valence-electron chi connectivity index (χ3n) is 4.35. The molecule has 1 amide bonds. The molecule has 1 aromatic carbocycles. The number of amides is 1. The Morgan fingerprint density at radius 3 is 2.90 bits per heavy atom. The Morgan fingerprint density at radius 1 is 1.29 bits per heavy atom. The van der Waals surface area contributed by atoms with E-state index in [2.05, 4.69) is 25.8 Å². The van der Waals surface area contributed by atoms with E-state index < -0.39 is 0 Å². The summed E-state index contributed by atoms with van der Waals surface area (Å²) in [6.45, 7) is 2.73. The first-order chi connectivity index (χ1) is 14.9. The second kappa shape index (κ2) is 10.2. The number of carbonyl (C=O) groups is 1. The van der Waals surface area contributed by atoms with Gasteiger partial charge in [0.1, 0.15) is 6.61 Å². The largest absolute Gasteiger partial charge is 0.454 e. The maximum absolute atomic E-state index is 12.2. The van der Waals surface area contributed by atoms with Crippen molar-refractivity contribution in [1.82, 2.24) is 15.3 Å². The summed E-state index contributed by atoms with van der Waals surface area (Å²) in [5.74, 6) is 1.12. The first kappa shape index (κ1) is 21.7. The maximum atomic E-state index is 12.2. The molecule has 0 spiro atoms. The zero-order chi connectivity index (χ0) is 22.2. The van der Waals surface area contributed by atoms with Gasteiger partial charge in [-0.1, -0.05) is 6.07 Å². The average molecular weight is 431 g/mol. The standard InChI is InChI=1S/C19H25N7O5/c1-11-13(9-16(27)22-6-7-31-26-19(20)21)25-17(18(28)24-11)23-5-4-12-2-3-14-15(8-12)30-10-29-14/h2-3,8H,4-7,9-10H2,1H3,(H,22,27)(H,23,25)(H,24,28)(H4,20,21,26). The molecule has 0 fully saturated rings. The molecule has 0 aliphatic carbocycles. The molecule has 0 saturated carbocycles. The Kier molecular flexibility index (Phi) is 7.14. The van der Waals surface area contributed by atoms with Gasteiger partial charge in [0.25, 0.3) is 5.56 Å². The number of aromatic nitrogens is 2. The van der Waals surface area contributed by atoms with Crippen molar-refractivity contribution < 1.29 is 19.1 Å². The Hall–Kier alpha value is -3.96. The summed E-state index contributed by atoms with van der Waals surface area (Å²) in [7, 11) is 0. The van der Waals surface area contributed by atoms with Crippen LogP contribution in [0, 0.1) is 6.92 Å². The van der Waals surface area contributed by atoms with Crippen LogP contribution in [0.1, 0.15) is 17.0 Å². The maximum Gasteiger partial charge on any atom is 0.290 e. The van der Waals surface area contributed by atoms with E-state index in [1.54, 1.807) is 6.92 Å². The first-order valence-corrected chi connectivity index (χ1v) is 9.62. The zero-order valence-electron chi connectivity index (χ0n) is 17.1. The second-order valence-electron chi connectivity index (χ2n) is 6.73. The van der Waals surface area contributed by atoms with Crippen LogP contribution >= 0.6 is 0 Å². The molecule has 3 rings (SSSR count). The van der Waals surface area contributed by atoms with Crippen molar-refractivity contribution in [3.63, 3.8) is 0 Å². The van der Waals surface area contributed by atoms with Crippen LogP contribution < -0.4 is 37.1 Å². The first-order valence-electron chi connectivity index (χ1n) is 9.62. The lowest BCUT2D eigenvalue weighted by atomic mass is 10.1. The van der Waals surface area contributed by atoms with E-state index in [9.17, 15) is 9.59 Å². The normalized spacial score (nSPS) is 11.6. The van der Waals surface area contributed by atoms with E-state index in [1.807, 2.05) is 18.2 Å². The molecule has 2 aromatic rings. The highest BCUT2D eigenvalue weighted by Gasteiger charge is 2.14. The highest BCUT2D eigenvalue weighted by molar-refractivity contribution is 5.78. The number of oxime groups is 1. The highest BCUT2D eigenvalue weighted by atomic mass is 16.7. The summed E-state index contributed by atoms with van der Waals surface area (Å²) in [6.07, 6.45) is 0.652. The fraction of sp³-hybridized carbons (Fsp3) is 0.368. The Balaban J connectivity index is 1.52. The van der Waals surface area contributed by atoms with Crippen molar-refractivity contribution in [2.75, 3.05) is 31.8 Å². The Labute approximate surface area is 177 Å². The van der Waals surface area contributed by atoms with Gasteiger partial charge in [-0.2, -0.15) is 0 Å². The number of nitrogens with two attached hydrogens (primary N) is 2. The number of aromatic amines is 1. The molecule has 0 atom stereocenters. The minimum absolute atomic E-state index is 0.00174. The molecule has 7 N–H and O–H groups in total. The number of rotatable bonds is 10. The minimum Gasteiger partial charge on any atom is -0.454 e. The van der Waals surface area contributed by atoms with Gasteiger partial charge < -0.3 is 41.4 Å². The van der Waals surface area contributed by atoms with E-state index in [1.165, 1.54) is 0 Å². The number of H-pyrrole nitrogens is 1. The molecular formula is C19H25N7O5. The summed E-state index contributed by atoms with van der Waals surface area (Å²) in [5.41, 5.74) is 11.9. The number of benzene rings is 1. The fourth-order valence-corrected chi connectivity index (χ4v) is 2.86. The smallest absolute Gasteiger partial charge is 0.290 e. The highest BCUT2D eigenvalue weighted by Crippen LogP contribution is 2.32. The molecule has 12 heteroatoms. The Bertz CT molecular complexity index is 1020. The molecule has 2 heterocycles. The summed E-state index contributed by atoms with van der Waals surface area (Å²) in [6, 6.07) is 5.70. The van der Waals surface area contributed by atoms with Gasteiger partial charge >= 0.3 is 0 Å². The van der Waals surface area contributed by atoms with Gasteiger partial charge in [-0.05, 0) is 36.2 Å². The lowest BCUT2D eigenvalue weighted by molar-refractivity contribution is -0.120. The van der Waals surface area contributed by atoms with E-state index >= 15 is 0 Å². The number of anilines is 1. The average Bonchev–Trinajstić information content (AvgIpc) is 3.18. The van der Waals surface area contributed by atoms with Gasteiger partial charge in [-0.3, -0.25) is 9.59 Å². The summed E-state index contributed by atoms with van der Waals surface area (Å²) in [5, 5.41) is 9.04. The van der Waals surface area contributed by atoms with Crippen LogP contribution in [-0.2, 0) is 22.5 Å². The van der Waals surface area contributed by atoms with Gasteiger partial charge in [0.2, 0.25) is 18.7 Å². The van der Waals surface area contributed by atoms with Crippen molar-refractivity contribution in [2.45, 2.75) is 19.8 Å². The van der Waals surface area contributed by atoms with Crippen LogP contribution in [0.15, 0.2) is 28.1 Å². The van der Waals surface area contributed by atoms with Crippen LogP contribution in [-0.4, -0.2) is 48.3 Å². The number of aryl methyl sites for hydroxylation is 1.